The second-order valence-corrected chi connectivity index (χ2v) is 5.46. The van der Waals surface area contributed by atoms with Gasteiger partial charge in [0, 0.05) is 12.6 Å². The van der Waals surface area contributed by atoms with Crippen molar-refractivity contribution in [3.05, 3.63) is 0 Å². The number of aliphatic carboxylic acids is 1. The number of hydrogen-bond donors (Lipinski definition) is 2. The normalized spacial score (nSPS) is 25.9. The van der Waals surface area contributed by atoms with Crippen molar-refractivity contribution >= 4 is 11.9 Å². The number of nitrogens with zero attached hydrogens (tertiary/aromatic N) is 1. The molecule has 2 unspecified atom stereocenters. The summed E-state index contributed by atoms with van der Waals surface area (Å²) in [4.78, 5) is 24.9. The topological polar surface area (TPSA) is 69.6 Å². The molecule has 0 saturated carbocycles. The van der Waals surface area contributed by atoms with E-state index in [1.54, 1.807) is 0 Å². The van der Waals surface area contributed by atoms with Crippen LogP contribution >= 0.6 is 0 Å². The summed E-state index contributed by atoms with van der Waals surface area (Å²) >= 11 is 0. The summed E-state index contributed by atoms with van der Waals surface area (Å²) in [6.07, 6.45) is 1.74. The van der Waals surface area contributed by atoms with Crippen molar-refractivity contribution in [1.29, 1.82) is 0 Å². The molecule has 1 aliphatic heterocycles. The zero-order valence-electron chi connectivity index (χ0n) is 11.5. The average molecular weight is 256 g/mol. The molecule has 104 valence electrons. The van der Waals surface area contributed by atoms with Crippen molar-refractivity contribution in [2.75, 3.05) is 13.1 Å². The highest BCUT2D eigenvalue weighted by molar-refractivity contribution is 5.86. The van der Waals surface area contributed by atoms with Crippen LogP contribution in [0, 0.1) is 5.92 Å². The molecule has 0 spiro atoms. The van der Waals surface area contributed by atoms with Crippen LogP contribution in [-0.4, -0.2) is 47.1 Å². The minimum Gasteiger partial charge on any atom is -0.481 e. The molecule has 1 rings (SSSR count). The first kappa shape index (κ1) is 15.0. The van der Waals surface area contributed by atoms with Crippen LogP contribution in [-0.2, 0) is 9.59 Å². The number of carboxylic acids is 1. The number of carbonyl (C=O) groups is 2. The Balaban J connectivity index is 2.78. The third-order valence-corrected chi connectivity index (χ3v) is 3.46. The van der Waals surface area contributed by atoms with Crippen LogP contribution < -0.4 is 5.32 Å². The summed E-state index contributed by atoms with van der Waals surface area (Å²) in [5.74, 6) is -0.515. The maximum Gasteiger partial charge on any atom is 0.305 e. The van der Waals surface area contributed by atoms with Gasteiger partial charge in [-0.15, -0.1) is 0 Å². The van der Waals surface area contributed by atoms with Crippen LogP contribution in [0.25, 0.3) is 0 Å². The van der Waals surface area contributed by atoms with Crippen molar-refractivity contribution in [2.45, 2.75) is 52.1 Å². The highest BCUT2D eigenvalue weighted by atomic mass is 16.4. The first-order valence-corrected chi connectivity index (χ1v) is 6.67. The number of hydrogen-bond acceptors (Lipinski definition) is 3. The van der Waals surface area contributed by atoms with E-state index >= 15 is 0 Å². The molecule has 18 heavy (non-hydrogen) atoms. The van der Waals surface area contributed by atoms with Gasteiger partial charge in [0.05, 0.1) is 12.5 Å². The van der Waals surface area contributed by atoms with E-state index in [1.165, 1.54) is 0 Å². The van der Waals surface area contributed by atoms with Crippen LogP contribution in [0.15, 0.2) is 0 Å². The summed E-state index contributed by atoms with van der Waals surface area (Å²) in [6, 6.07) is -0.286. The quantitative estimate of drug-likeness (QED) is 0.772. The zero-order chi connectivity index (χ0) is 13.7. The van der Waals surface area contributed by atoms with Crippen molar-refractivity contribution < 1.29 is 14.7 Å². The van der Waals surface area contributed by atoms with Gasteiger partial charge in [0.2, 0.25) is 5.91 Å². The molecule has 5 nitrogen and oxygen atoms in total. The molecule has 0 bridgehead atoms. The fourth-order valence-electron chi connectivity index (χ4n) is 2.30. The largest absolute Gasteiger partial charge is 0.481 e. The van der Waals surface area contributed by atoms with Gasteiger partial charge in [-0.1, -0.05) is 13.8 Å². The number of carboxylic acid groups (broad SMARTS) is 1. The predicted octanol–water partition coefficient (Wildman–Crippen LogP) is 1.09. The maximum absolute atomic E-state index is 11.9. The van der Waals surface area contributed by atoms with Crippen molar-refractivity contribution in [2.24, 2.45) is 5.92 Å². The first-order chi connectivity index (χ1) is 8.41. The van der Waals surface area contributed by atoms with Crippen molar-refractivity contribution in [1.82, 2.24) is 10.2 Å². The molecule has 1 fully saturated rings. The average Bonchev–Trinajstić information content (AvgIpc) is 2.37. The lowest BCUT2D eigenvalue weighted by Gasteiger charge is -2.32. The molecule has 2 N–H and O–H groups in total. The standard InChI is InChI=1S/C13H24N2O3/c1-9(2)5-7-15-10(3)4-6-14-13(18)11(15)8-12(16)17/h9-11H,4-8H2,1-3H3,(H,14,18)(H,16,17). The zero-order valence-corrected chi connectivity index (χ0v) is 11.5. The lowest BCUT2D eigenvalue weighted by Crippen LogP contribution is -2.48. The van der Waals surface area contributed by atoms with Crippen molar-refractivity contribution in [3.8, 4) is 0 Å². The van der Waals surface area contributed by atoms with E-state index in [2.05, 4.69) is 31.0 Å². The second-order valence-electron chi connectivity index (χ2n) is 5.46. The molecule has 0 aliphatic carbocycles. The summed E-state index contributed by atoms with van der Waals surface area (Å²) < 4.78 is 0. The minimum atomic E-state index is -0.918. The lowest BCUT2D eigenvalue weighted by molar-refractivity contribution is -0.142. The van der Waals surface area contributed by atoms with Crippen LogP contribution in [0.1, 0.15) is 40.0 Å². The lowest BCUT2D eigenvalue weighted by atomic mass is 10.1. The van der Waals surface area contributed by atoms with Gasteiger partial charge in [-0.2, -0.15) is 0 Å². The van der Waals surface area contributed by atoms with E-state index in [1.807, 2.05) is 0 Å². The monoisotopic (exact) mass is 256 g/mol. The smallest absolute Gasteiger partial charge is 0.305 e. The molecule has 0 aromatic carbocycles. The molecule has 5 heteroatoms. The molecule has 0 radical (unpaired) electrons. The van der Waals surface area contributed by atoms with Gasteiger partial charge in [0.15, 0.2) is 0 Å². The summed E-state index contributed by atoms with van der Waals surface area (Å²) in [5.41, 5.74) is 0. The van der Waals surface area contributed by atoms with E-state index in [4.69, 9.17) is 5.11 Å². The Hall–Kier alpha value is -1.10. The molecular formula is C13H24N2O3. The maximum atomic E-state index is 11.9. The number of carbonyl (C=O) groups excluding carboxylic acids is 1. The van der Waals surface area contributed by atoms with Gasteiger partial charge in [-0.25, -0.2) is 0 Å². The van der Waals surface area contributed by atoms with Crippen LogP contribution in [0.3, 0.4) is 0 Å². The molecule has 1 heterocycles. The van der Waals surface area contributed by atoms with Gasteiger partial charge >= 0.3 is 5.97 Å². The Morgan fingerprint density at radius 2 is 2.22 bits per heavy atom. The van der Waals surface area contributed by atoms with Gasteiger partial charge in [-0.3, -0.25) is 14.5 Å². The Kier molecular flexibility index (Phi) is 5.59. The number of nitrogens with one attached hydrogen (secondary N) is 1. The molecule has 0 aromatic heterocycles. The Labute approximate surface area is 109 Å². The number of amides is 1. The van der Waals surface area contributed by atoms with Crippen LogP contribution in [0.5, 0.6) is 0 Å². The second kappa shape index (κ2) is 6.73. The Bertz CT molecular complexity index is 305. The highest BCUT2D eigenvalue weighted by Gasteiger charge is 2.33. The molecular weight excluding hydrogens is 232 g/mol. The minimum absolute atomic E-state index is 0.117. The summed E-state index contributed by atoms with van der Waals surface area (Å²) in [6.45, 7) is 7.75. The molecule has 1 saturated heterocycles. The van der Waals surface area contributed by atoms with Crippen LogP contribution in [0.2, 0.25) is 0 Å². The highest BCUT2D eigenvalue weighted by Crippen LogP contribution is 2.17. The fraction of sp³-hybridized carbons (Fsp3) is 0.846. The fourth-order valence-corrected chi connectivity index (χ4v) is 2.30. The SMILES string of the molecule is CC(C)CCN1C(C)CCNC(=O)C1CC(=O)O. The predicted molar refractivity (Wildman–Crippen MR) is 69.3 cm³/mol. The van der Waals surface area contributed by atoms with E-state index in [-0.39, 0.29) is 18.4 Å². The molecule has 0 aromatic rings. The summed E-state index contributed by atoms with van der Waals surface area (Å²) in [7, 11) is 0. The number of rotatable bonds is 5. The molecule has 1 amide bonds. The van der Waals surface area contributed by atoms with E-state index in [0.29, 0.717) is 12.5 Å². The van der Waals surface area contributed by atoms with Crippen LogP contribution in [0.4, 0.5) is 0 Å². The van der Waals surface area contributed by atoms with Crippen molar-refractivity contribution in [3.63, 3.8) is 0 Å². The third-order valence-electron chi connectivity index (χ3n) is 3.46. The van der Waals surface area contributed by atoms with Gasteiger partial charge in [0.25, 0.3) is 0 Å². The van der Waals surface area contributed by atoms with E-state index in [0.717, 1.165) is 19.4 Å². The Morgan fingerprint density at radius 3 is 2.78 bits per heavy atom. The van der Waals surface area contributed by atoms with Gasteiger partial charge in [0.1, 0.15) is 0 Å². The third kappa shape index (κ3) is 4.29. The first-order valence-electron chi connectivity index (χ1n) is 6.67. The molecule has 1 aliphatic rings. The Morgan fingerprint density at radius 1 is 1.56 bits per heavy atom. The molecule has 2 atom stereocenters. The summed E-state index contributed by atoms with van der Waals surface area (Å²) in [5, 5.41) is 11.8. The van der Waals surface area contributed by atoms with Gasteiger partial charge in [-0.05, 0) is 32.2 Å². The van der Waals surface area contributed by atoms with E-state index < -0.39 is 12.0 Å². The van der Waals surface area contributed by atoms with E-state index in [9.17, 15) is 9.59 Å². The van der Waals surface area contributed by atoms with Gasteiger partial charge < -0.3 is 10.4 Å².